The number of rotatable bonds is 10. The van der Waals surface area contributed by atoms with Gasteiger partial charge in [0.2, 0.25) is 11.6 Å². The average molecular weight is 528 g/mol. The molecule has 0 aliphatic rings. The predicted molar refractivity (Wildman–Crippen MR) is 151 cm³/mol. The van der Waals surface area contributed by atoms with Gasteiger partial charge in [0.25, 0.3) is 5.91 Å². The summed E-state index contributed by atoms with van der Waals surface area (Å²) in [5.74, 6) is 2.61. The van der Waals surface area contributed by atoms with Gasteiger partial charge in [-0.3, -0.25) is 4.79 Å². The van der Waals surface area contributed by atoms with E-state index < -0.39 is 0 Å². The molecule has 0 unspecified atom stereocenters. The van der Waals surface area contributed by atoms with Crippen molar-refractivity contribution in [2.45, 2.75) is 0 Å². The molecule has 4 aromatic rings. The normalized spacial score (nSPS) is 10.7. The number of benzene rings is 3. The SMILES string of the molecule is COc1ccc(C=Cc2cc(OC)c(OC)c(OC)c2)cc1Oc1ccc(C(=O)Nc2ccccc2N)cn1. The third kappa shape index (κ3) is 6.40. The summed E-state index contributed by atoms with van der Waals surface area (Å²) >= 11 is 0. The molecule has 3 aromatic carbocycles. The number of nitrogens with one attached hydrogen (secondary N) is 1. The van der Waals surface area contributed by atoms with Gasteiger partial charge in [-0.05, 0) is 53.6 Å². The molecule has 9 heteroatoms. The van der Waals surface area contributed by atoms with Crippen molar-refractivity contribution in [1.82, 2.24) is 4.98 Å². The molecular weight excluding hydrogens is 498 g/mol. The highest BCUT2D eigenvalue weighted by atomic mass is 16.5. The summed E-state index contributed by atoms with van der Waals surface area (Å²) in [6.45, 7) is 0. The van der Waals surface area contributed by atoms with Crippen LogP contribution in [-0.2, 0) is 0 Å². The fraction of sp³-hybridized carbons (Fsp3) is 0.133. The van der Waals surface area contributed by atoms with Crippen molar-refractivity contribution < 1.29 is 28.5 Å². The van der Waals surface area contributed by atoms with Gasteiger partial charge in [0, 0.05) is 12.3 Å². The van der Waals surface area contributed by atoms with Crippen molar-refractivity contribution in [3.63, 3.8) is 0 Å². The summed E-state index contributed by atoms with van der Waals surface area (Å²) in [5.41, 5.74) is 8.99. The van der Waals surface area contributed by atoms with E-state index in [4.69, 9.17) is 29.4 Å². The number of hydrogen-bond donors (Lipinski definition) is 2. The first-order valence-corrected chi connectivity index (χ1v) is 11.9. The van der Waals surface area contributed by atoms with Crippen molar-refractivity contribution >= 4 is 29.4 Å². The Morgan fingerprint density at radius 2 is 1.44 bits per heavy atom. The molecule has 1 heterocycles. The van der Waals surface area contributed by atoms with Crippen molar-refractivity contribution in [2.24, 2.45) is 0 Å². The maximum atomic E-state index is 12.6. The highest BCUT2D eigenvalue weighted by Crippen LogP contribution is 2.39. The molecule has 1 amide bonds. The molecule has 4 rings (SSSR count). The quantitative estimate of drug-likeness (QED) is 0.193. The Morgan fingerprint density at radius 1 is 0.769 bits per heavy atom. The van der Waals surface area contributed by atoms with Crippen LogP contribution in [0.4, 0.5) is 11.4 Å². The number of hydrogen-bond acceptors (Lipinski definition) is 8. The Kier molecular flexibility index (Phi) is 8.53. The van der Waals surface area contributed by atoms with Crippen LogP contribution in [-0.4, -0.2) is 39.3 Å². The first-order valence-electron chi connectivity index (χ1n) is 11.9. The van der Waals surface area contributed by atoms with Gasteiger partial charge in [-0.1, -0.05) is 30.4 Å². The summed E-state index contributed by atoms with van der Waals surface area (Å²) in [6, 6.07) is 19.5. The monoisotopic (exact) mass is 527 g/mol. The summed E-state index contributed by atoms with van der Waals surface area (Å²) in [7, 11) is 6.27. The van der Waals surface area contributed by atoms with E-state index in [9.17, 15) is 4.79 Å². The van der Waals surface area contributed by atoms with Crippen molar-refractivity contribution in [2.75, 3.05) is 39.5 Å². The van der Waals surface area contributed by atoms with Crippen LogP contribution in [0.2, 0.25) is 0 Å². The van der Waals surface area contributed by atoms with Crippen LogP contribution in [0.1, 0.15) is 21.5 Å². The standard InChI is InChI=1S/C30H29N3O6/c1-35-24-13-11-19(9-10-20-16-26(36-2)29(38-4)27(17-20)37-3)15-25(24)39-28-14-12-21(18-32-28)30(34)33-23-8-6-5-7-22(23)31/h5-18H,31H2,1-4H3,(H,33,34). The predicted octanol–water partition coefficient (Wildman–Crippen LogP) is 5.91. The lowest BCUT2D eigenvalue weighted by molar-refractivity contribution is 0.102. The van der Waals surface area contributed by atoms with Gasteiger partial charge in [0.15, 0.2) is 23.0 Å². The molecule has 0 atom stereocenters. The number of methoxy groups -OCH3 is 4. The smallest absolute Gasteiger partial charge is 0.257 e. The topological polar surface area (TPSA) is 114 Å². The fourth-order valence-electron chi connectivity index (χ4n) is 3.76. The Balaban J connectivity index is 1.51. The zero-order chi connectivity index (χ0) is 27.8. The number of aromatic nitrogens is 1. The molecule has 0 aliphatic carbocycles. The minimum atomic E-state index is -0.330. The number of carbonyl (C=O) groups is 1. The second-order valence-corrected chi connectivity index (χ2v) is 8.23. The van der Waals surface area contributed by atoms with Crippen molar-refractivity contribution in [3.05, 3.63) is 89.6 Å². The number of pyridine rings is 1. The zero-order valence-electron chi connectivity index (χ0n) is 22.1. The molecular formula is C30H29N3O6. The summed E-state index contributed by atoms with van der Waals surface area (Å²) in [5, 5.41) is 2.77. The Bertz CT molecular complexity index is 1460. The van der Waals surface area contributed by atoms with Crippen LogP contribution in [0.5, 0.6) is 34.6 Å². The summed E-state index contributed by atoms with van der Waals surface area (Å²) < 4.78 is 27.7. The highest BCUT2D eigenvalue weighted by molar-refractivity contribution is 6.05. The molecule has 1 aromatic heterocycles. The Morgan fingerprint density at radius 3 is 2.05 bits per heavy atom. The van der Waals surface area contributed by atoms with Crippen LogP contribution in [0.15, 0.2) is 72.9 Å². The second kappa shape index (κ2) is 12.4. The molecule has 3 N–H and O–H groups in total. The maximum absolute atomic E-state index is 12.6. The first kappa shape index (κ1) is 26.9. The van der Waals surface area contributed by atoms with Crippen LogP contribution < -0.4 is 34.7 Å². The number of amides is 1. The van der Waals surface area contributed by atoms with Gasteiger partial charge in [-0.15, -0.1) is 0 Å². The van der Waals surface area contributed by atoms with Crippen LogP contribution in [0, 0.1) is 0 Å². The molecule has 39 heavy (non-hydrogen) atoms. The molecule has 0 saturated heterocycles. The van der Waals surface area contributed by atoms with Crippen molar-refractivity contribution in [3.8, 4) is 34.6 Å². The number of nitrogens with zero attached hydrogens (tertiary/aromatic N) is 1. The molecule has 200 valence electrons. The molecule has 9 nitrogen and oxygen atoms in total. The molecule has 0 saturated carbocycles. The second-order valence-electron chi connectivity index (χ2n) is 8.23. The number of anilines is 2. The third-order valence-electron chi connectivity index (χ3n) is 5.77. The minimum Gasteiger partial charge on any atom is -0.493 e. The van der Waals surface area contributed by atoms with Gasteiger partial charge < -0.3 is 34.7 Å². The summed E-state index contributed by atoms with van der Waals surface area (Å²) in [6.07, 6.45) is 5.27. The van der Waals surface area contributed by atoms with Gasteiger partial charge in [-0.25, -0.2) is 4.98 Å². The maximum Gasteiger partial charge on any atom is 0.257 e. The van der Waals surface area contributed by atoms with Crippen LogP contribution >= 0.6 is 0 Å². The van der Waals surface area contributed by atoms with E-state index in [1.807, 2.05) is 36.4 Å². The van der Waals surface area contributed by atoms with Crippen molar-refractivity contribution in [1.29, 1.82) is 0 Å². The number of para-hydroxylation sites is 2. The number of carbonyl (C=O) groups excluding carboxylic acids is 1. The fourth-order valence-corrected chi connectivity index (χ4v) is 3.76. The Hall–Kier alpha value is -5.18. The average Bonchev–Trinajstić information content (AvgIpc) is 2.97. The lowest BCUT2D eigenvalue weighted by Crippen LogP contribution is -2.13. The summed E-state index contributed by atoms with van der Waals surface area (Å²) in [4.78, 5) is 16.9. The Labute approximate surface area is 226 Å². The van der Waals surface area contributed by atoms with E-state index in [0.29, 0.717) is 51.6 Å². The van der Waals surface area contributed by atoms with Gasteiger partial charge in [0.05, 0.1) is 45.4 Å². The molecule has 0 spiro atoms. The van der Waals surface area contributed by atoms with Crippen LogP contribution in [0.3, 0.4) is 0 Å². The van der Waals surface area contributed by atoms with E-state index in [1.54, 1.807) is 70.9 Å². The number of nitrogens with two attached hydrogens (primary N) is 1. The molecule has 0 aliphatic heterocycles. The molecule has 0 radical (unpaired) electrons. The van der Waals surface area contributed by atoms with E-state index in [1.165, 1.54) is 6.20 Å². The van der Waals surface area contributed by atoms with E-state index in [2.05, 4.69) is 10.3 Å². The first-order chi connectivity index (χ1) is 18.9. The number of nitrogen functional groups attached to an aromatic ring is 1. The van der Waals surface area contributed by atoms with E-state index in [0.717, 1.165) is 11.1 Å². The van der Waals surface area contributed by atoms with E-state index in [-0.39, 0.29) is 5.91 Å². The minimum absolute atomic E-state index is 0.301. The highest BCUT2D eigenvalue weighted by Gasteiger charge is 2.13. The lowest BCUT2D eigenvalue weighted by Gasteiger charge is -2.13. The third-order valence-corrected chi connectivity index (χ3v) is 5.77. The van der Waals surface area contributed by atoms with Crippen LogP contribution in [0.25, 0.3) is 12.2 Å². The van der Waals surface area contributed by atoms with Gasteiger partial charge in [0.1, 0.15) is 0 Å². The van der Waals surface area contributed by atoms with Gasteiger partial charge >= 0.3 is 0 Å². The zero-order valence-corrected chi connectivity index (χ0v) is 22.1. The number of ether oxygens (including phenoxy) is 5. The molecule has 0 fully saturated rings. The molecule has 0 bridgehead atoms. The largest absolute Gasteiger partial charge is 0.493 e. The van der Waals surface area contributed by atoms with E-state index >= 15 is 0 Å². The van der Waals surface area contributed by atoms with Gasteiger partial charge in [-0.2, -0.15) is 0 Å². The lowest BCUT2D eigenvalue weighted by atomic mass is 10.1.